The van der Waals surface area contributed by atoms with E-state index in [-0.39, 0.29) is 15.7 Å². The number of nitrogens with one attached hydrogen (secondary N) is 1. The average molecular weight is 742 g/mol. The minimum Gasteiger partial charge on any atom is -0.356 e. The quantitative estimate of drug-likeness (QED) is 0.0641. The molecule has 0 aliphatic carbocycles. The number of nitrogens with zero attached hydrogens (tertiary/aromatic N) is 2. The SMILES string of the molecule is CCN1C(=CC=CC=CC2=[N+](CCCCCC(=O)NCCCCCN)c3ccc(S(=O)(=O)O)cc3C2(C)C)C(C)(C)c2cc(S(=O)(=O)O)ccc21. The summed E-state index contributed by atoms with van der Waals surface area (Å²) >= 11 is 0. The van der Waals surface area contributed by atoms with Gasteiger partial charge in [0.2, 0.25) is 11.6 Å². The lowest BCUT2D eigenvalue weighted by molar-refractivity contribution is -0.438. The van der Waals surface area contributed by atoms with Crippen molar-refractivity contribution in [3.8, 4) is 0 Å². The molecule has 13 heteroatoms. The number of nitrogens with two attached hydrogens (primary N) is 1. The van der Waals surface area contributed by atoms with Crippen LogP contribution in [0.3, 0.4) is 0 Å². The summed E-state index contributed by atoms with van der Waals surface area (Å²) in [7, 11) is -8.72. The summed E-state index contributed by atoms with van der Waals surface area (Å²) in [6, 6.07) is 9.40. The molecule has 11 nitrogen and oxygen atoms in total. The lowest BCUT2D eigenvalue weighted by Crippen LogP contribution is -2.28. The van der Waals surface area contributed by atoms with Gasteiger partial charge in [-0.1, -0.05) is 38.5 Å². The maximum absolute atomic E-state index is 12.3. The number of anilines is 1. The molecule has 0 radical (unpaired) electrons. The normalized spacial score (nSPS) is 17.6. The van der Waals surface area contributed by atoms with Gasteiger partial charge in [0, 0.05) is 60.4 Å². The first-order valence-electron chi connectivity index (χ1n) is 17.6. The van der Waals surface area contributed by atoms with Crippen LogP contribution in [0, 0.1) is 0 Å². The number of carbonyl (C=O) groups excluding carboxylic acids is 1. The van der Waals surface area contributed by atoms with Crippen molar-refractivity contribution in [3.05, 3.63) is 83.6 Å². The van der Waals surface area contributed by atoms with Crippen molar-refractivity contribution in [2.24, 2.45) is 5.73 Å². The molecular weight excluding hydrogens is 689 g/mol. The largest absolute Gasteiger partial charge is 0.356 e. The summed E-state index contributed by atoms with van der Waals surface area (Å²) in [6.07, 6.45) is 15.6. The molecule has 0 atom stereocenters. The minimum absolute atomic E-state index is 0.0554. The fourth-order valence-corrected chi connectivity index (χ4v) is 8.08. The van der Waals surface area contributed by atoms with Crippen LogP contribution in [-0.2, 0) is 35.9 Å². The highest BCUT2D eigenvalue weighted by Gasteiger charge is 2.45. The molecule has 0 aromatic heterocycles. The first kappa shape index (κ1) is 40.2. The number of fused-ring (bicyclic) bond motifs is 2. The molecule has 0 saturated carbocycles. The van der Waals surface area contributed by atoms with Crippen LogP contribution < -0.4 is 16.0 Å². The fourth-order valence-electron chi connectivity index (χ4n) is 7.06. The highest BCUT2D eigenvalue weighted by molar-refractivity contribution is 7.86. The van der Waals surface area contributed by atoms with Gasteiger partial charge in [-0.2, -0.15) is 21.4 Å². The second-order valence-electron chi connectivity index (χ2n) is 14.1. The zero-order valence-corrected chi connectivity index (χ0v) is 32.0. The molecule has 2 heterocycles. The Hall–Kier alpha value is -3.62. The third-order valence-electron chi connectivity index (χ3n) is 9.86. The molecular formula is C38H53N4O7S2+. The smallest absolute Gasteiger partial charge is 0.294 e. The lowest BCUT2D eigenvalue weighted by atomic mass is 9.81. The average Bonchev–Trinajstić information content (AvgIpc) is 3.41. The Morgan fingerprint density at radius 2 is 1.49 bits per heavy atom. The van der Waals surface area contributed by atoms with E-state index in [2.05, 4.69) is 14.8 Å². The van der Waals surface area contributed by atoms with Crippen molar-refractivity contribution in [2.45, 2.75) is 100 Å². The molecule has 51 heavy (non-hydrogen) atoms. The van der Waals surface area contributed by atoms with Crippen molar-refractivity contribution in [1.29, 1.82) is 0 Å². The molecule has 2 aliphatic heterocycles. The van der Waals surface area contributed by atoms with Crippen LogP contribution in [0.15, 0.2) is 82.3 Å². The molecule has 2 aromatic rings. The van der Waals surface area contributed by atoms with Gasteiger partial charge < -0.3 is 16.0 Å². The van der Waals surface area contributed by atoms with Crippen LogP contribution in [0.5, 0.6) is 0 Å². The zero-order valence-electron chi connectivity index (χ0n) is 30.4. The molecule has 0 spiro atoms. The number of benzene rings is 2. The molecule has 5 N–H and O–H groups in total. The Morgan fingerprint density at radius 1 is 0.843 bits per heavy atom. The van der Waals surface area contributed by atoms with E-state index in [0.717, 1.165) is 72.4 Å². The molecule has 0 bridgehead atoms. The second-order valence-corrected chi connectivity index (χ2v) is 17.0. The summed E-state index contributed by atoms with van der Waals surface area (Å²) in [6.45, 7) is 12.8. The summed E-state index contributed by atoms with van der Waals surface area (Å²) in [5.41, 5.74) is 9.78. The maximum atomic E-state index is 12.3. The van der Waals surface area contributed by atoms with Crippen molar-refractivity contribution in [1.82, 2.24) is 5.32 Å². The molecule has 4 rings (SSSR count). The van der Waals surface area contributed by atoms with Gasteiger partial charge >= 0.3 is 0 Å². The lowest BCUT2D eigenvalue weighted by Gasteiger charge is -2.25. The van der Waals surface area contributed by atoms with Gasteiger partial charge in [-0.05, 0) is 95.0 Å². The van der Waals surface area contributed by atoms with Crippen LogP contribution in [-0.4, -0.2) is 68.3 Å². The Morgan fingerprint density at radius 3 is 2.14 bits per heavy atom. The molecule has 278 valence electrons. The molecule has 0 saturated heterocycles. The summed E-state index contributed by atoms with van der Waals surface area (Å²) in [4.78, 5) is 14.1. The van der Waals surface area contributed by atoms with E-state index in [4.69, 9.17) is 5.73 Å². The predicted octanol–water partition coefficient (Wildman–Crippen LogP) is 6.18. The molecule has 0 unspecified atom stereocenters. The van der Waals surface area contributed by atoms with Gasteiger partial charge in [0.05, 0.1) is 15.2 Å². The summed E-state index contributed by atoms with van der Waals surface area (Å²) < 4.78 is 69.3. The van der Waals surface area contributed by atoms with Crippen molar-refractivity contribution in [2.75, 3.05) is 31.1 Å². The third kappa shape index (κ3) is 9.25. The topological polar surface area (TPSA) is 170 Å². The monoisotopic (exact) mass is 741 g/mol. The Labute approximate surface area is 303 Å². The van der Waals surface area contributed by atoms with Crippen LogP contribution in [0.4, 0.5) is 11.4 Å². The number of hydrogen-bond acceptors (Lipinski definition) is 7. The van der Waals surface area contributed by atoms with E-state index in [1.54, 1.807) is 18.2 Å². The van der Waals surface area contributed by atoms with E-state index in [0.29, 0.717) is 32.6 Å². The van der Waals surface area contributed by atoms with Crippen LogP contribution in [0.25, 0.3) is 0 Å². The number of rotatable bonds is 17. The number of allylic oxidation sites excluding steroid dienone is 6. The molecule has 1 amide bonds. The molecule has 0 fully saturated rings. The van der Waals surface area contributed by atoms with Gasteiger partial charge in [-0.15, -0.1) is 0 Å². The van der Waals surface area contributed by atoms with Crippen LogP contribution >= 0.6 is 0 Å². The zero-order chi connectivity index (χ0) is 37.6. The van der Waals surface area contributed by atoms with E-state index in [1.807, 2.05) is 65.0 Å². The maximum Gasteiger partial charge on any atom is 0.294 e. The number of unbranched alkanes of at least 4 members (excludes halogenated alkanes) is 4. The van der Waals surface area contributed by atoms with Crippen molar-refractivity contribution in [3.63, 3.8) is 0 Å². The fraction of sp³-hybridized carbons (Fsp3) is 0.474. The molecule has 2 aliphatic rings. The van der Waals surface area contributed by atoms with Gasteiger partial charge in [0.1, 0.15) is 6.54 Å². The van der Waals surface area contributed by atoms with E-state index < -0.39 is 31.1 Å². The van der Waals surface area contributed by atoms with Gasteiger partial charge in [-0.25, -0.2) is 0 Å². The standard InChI is InChI=1S/C38H52N4O7S2/c1-6-41-32-21-19-28(50(44,45)46)26-30(32)37(2,3)34(41)16-10-7-11-17-35-38(4,5)31-27-29(51(47,48)49)20-22-33(31)42(35)25-15-8-12-18-36(43)40-24-14-9-13-23-39/h7,10-11,16-17,19-22,26-27H,6,8-9,12-15,18,23-25,39H2,1-5H3,(H2-,40,43,44,45,46,47,48,49)/p+1. The highest BCUT2D eigenvalue weighted by Crippen LogP contribution is 2.48. The second kappa shape index (κ2) is 16.4. The first-order chi connectivity index (χ1) is 23.9. The Balaban J connectivity index is 1.53. The van der Waals surface area contributed by atoms with E-state index >= 15 is 0 Å². The van der Waals surface area contributed by atoms with Crippen molar-refractivity contribution < 1.29 is 35.3 Å². The number of amides is 1. The number of carbonyl (C=O) groups is 1. The van der Waals surface area contributed by atoms with Gasteiger partial charge in [-0.3, -0.25) is 13.9 Å². The third-order valence-corrected chi connectivity index (χ3v) is 11.6. The summed E-state index contributed by atoms with van der Waals surface area (Å²) in [5.74, 6) is 0.0554. The van der Waals surface area contributed by atoms with Gasteiger partial charge in [0.15, 0.2) is 5.71 Å². The summed E-state index contributed by atoms with van der Waals surface area (Å²) in [5, 5.41) is 2.98. The van der Waals surface area contributed by atoms with Crippen LogP contribution in [0.2, 0.25) is 0 Å². The van der Waals surface area contributed by atoms with Crippen molar-refractivity contribution >= 4 is 43.2 Å². The van der Waals surface area contributed by atoms with Crippen LogP contribution in [0.1, 0.15) is 90.7 Å². The minimum atomic E-state index is -4.39. The Kier molecular flexibility index (Phi) is 12.9. The first-order valence-corrected chi connectivity index (χ1v) is 20.5. The number of hydrogen-bond donors (Lipinski definition) is 4. The molecule has 2 aromatic carbocycles. The van der Waals surface area contributed by atoms with Gasteiger partial charge in [0.25, 0.3) is 20.2 Å². The highest BCUT2D eigenvalue weighted by atomic mass is 32.2. The number of likely N-dealkylation sites (N-methyl/N-ethyl adjacent to an activating group) is 1. The van der Waals surface area contributed by atoms with E-state index in [9.17, 15) is 30.7 Å². The van der Waals surface area contributed by atoms with E-state index in [1.165, 1.54) is 18.2 Å². The predicted molar refractivity (Wildman–Crippen MR) is 202 cm³/mol. The Bertz CT molecular complexity index is 1960.